The highest BCUT2D eigenvalue weighted by molar-refractivity contribution is 4.71. The molecule has 0 amide bonds. The van der Waals surface area contributed by atoms with Crippen molar-refractivity contribution in [3.8, 4) is 0 Å². The van der Waals surface area contributed by atoms with Crippen molar-refractivity contribution in [2.75, 3.05) is 13.3 Å². The van der Waals surface area contributed by atoms with E-state index in [1.165, 1.54) is 0 Å². The van der Waals surface area contributed by atoms with E-state index >= 15 is 0 Å². The number of halogens is 1. The van der Waals surface area contributed by atoms with E-state index in [0.29, 0.717) is 5.92 Å². The average molecular weight is 146 g/mol. The highest BCUT2D eigenvalue weighted by Gasteiger charge is 2.20. The van der Waals surface area contributed by atoms with Gasteiger partial charge in [0.1, 0.15) is 0 Å². The lowest BCUT2D eigenvalue weighted by Crippen LogP contribution is -2.19. The second-order valence-electron chi connectivity index (χ2n) is 3.24. The van der Waals surface area contributed by atoms with Crippen LogP contribution in [-0.2, 0) is 0 Å². The first-order chi connectivity index (χ1) is 4.86. The Kier molecular flexibility index (Phi) is 3.13. The van der Waals surface area contributed by atoms with Gasteiger partial charge in [-0.1, -0.05) is 6.42 Å². The highest BCUT2D eigenvalue weighted by Crippen LogP contribution is 2.28. The minimum Gasteiger partial charge on any atom is -0.396 e. The minimum absolute atomic E-state index is 0.198. The van der Waals surface area contributed by atoms with E-state index in [-0.39, 0.29) is 19.2 Å². The second-order valence-corrected chi connectivity index (χ2v) is 3.24. The largest absolute Gasteiger partial charge is 0.396 e. The predicted octanol–water partition coefficient (Wildman–Crippen LogP) is 1.75. The molecule has 2 unspecified atom stereocenters. The molecule has 10 heavy (non-hydrogen) atoms. The van der Waals surface area contributed by atoms with Crippen LogP contribution in [0.3, 0.4) is 0 Å². The highest BCUT2D eigenvalue weighted by atomic mass is 19.1. The van der Waals surface area contributed by atoms with E-state index in [0.717, 1.165) is 25.7 Å². The molecule has 0 aromatic carbocycles. The van der Waals surface area contributed by atoms with Crippen LogP contribution in [0.25, 0.3) is 0 Å². The van der Waals surface area contributed by atoms with Crippen molar-refractivity contribution in [3.05, 3.63) is 0 Å². The van der Waals surface area contributed by atoms with E-state index in [1.54, 1.807) is 0 Å². The van der Waals surface area contributed by atoms with Gasteiger partial charge in [0.15, 0.2) is 0 Å². The van der Waals surface area contributed by atoms with Crippen molar-refractivity contribution in [2.24, 2.45) is 11.8 Å². The fraction of sp³-hybridized carbons (Fsp3) is 1.00. The van der Waals surface area contributed by atoms with Crippen molar-refractivity contribution in [2.45, 2.75) is 25.7 Å². The number of hydrogen-bond acceptors (Lipinski definition) is 1. The first-order valence-corrected chi connectivity index (χ1v) is 4.03. The van der Waals surface area contributed by atoms with E-state index in [2.05, 4.69) is 0 Å². The van der Waals surface area contributed by atoms with Gasteiger partial charge in [-0.3, -0.25) is 4.39 Å². The number of aliphatic hydroxyl groups is 1. The Labute approximate surface area is 61.2 Å². The summed E-state index contributed by atoms with van der Waals surface area (Å²) in [4.78, 5) is 0. The predicted molar refractivity (Wildman–Crippen MR) is 38.5 cm³/mol. The van der Waals surface area contributed by atoms with Crippen molar-refractivity contribution in [3.63, 3.8) is 0 Å². The Morgan fingerprint density at radius 2 is 2.00 bits per heavy atom. The van der Waals surface area contributed by atoms with Crippen LogP contribution in [-0.4, -0.2) is 18.4 Å². The summed E-state index contributed by atoms with van der Waals surface area (Å²) < 4.78 is 12.1. The molecule has 0 saturated heterocycles. The molecule has 1 rings (SSSR count). The van der Waals surface area contributed by atoms with E-state index < -0.39 is 0 Å². The average Bonchev–Trinajstić information content (AvgIpc) is 2.05. The van der Waals surface area contributed by atoms with E-state index in [1.807, 2.05) is 0 Å². The first-order valence-electron chi connectivity index (χ1n) is 4.03. The molecular formula is C8H15FO. The lowest BCUT2D eigenvalue weighted by Gasteiger charge is -2.25. The Hall–Kier alpha value is -0.110. The Balaban J connectivity index is 2.25. The Morgan fingerprint density at radius 1 is 1.30 bits per heavy atom. The molecule has 0 aromatic rings. The molecule has 0 spiro atoms. The van der Waals surface area contributed by atoms with Crippen LogP contribution in [0.5, 0.6) is 0 Å². The number of aliphatic hydroxyl groups excluding tert-OH is 1. The van der Waals surface area contributed by atoms with Crippen LogP contribution in [0.15, 0.2) is 0 Å². The smallest absolute Gasteiger partial charge is 0.0922 e. The molecule has 0 bridgehead atoms. The normalized spacial score (nSPS) is 34.2. The molecule has 0 aliphatic heterocycles. The monoisotopic (exact) mass is 146 g/mol. The molecule has 1 fully saturated rings. The summed E-state index contributed by atoms with van der Waals surface area (Å²) in [6.45, 7) is 0.0486. The summed E-state index contributed by atoms with van der Waals surface area (Å²) in [5.74, 6) is 0.625. The second kappa shape index (κ2) is 3.91. The van der Waals surface area contributed by atoms with Crippen LogP contribution in [0.4, 0.5) is 4.39 Å². The lowest BCUT2D eigenvalue weighted by atomic mass is 9.82. The molecule has 1 N–H and O–H groups in total. The first kappa shape index (κ1) is 7.99. The number of rotatable bonds is 2. The molecule has 0 aromatic heterocycles. The topological polar surface area (TPSA) is 20.2 Å². The maximum absolute atomic E-state index is 12.1. The summed E-state index contributed by atoms with van der Waals surface area (Å²) in [7, 11) is 0. The molecule has 1 saturated carbocycles. The van der Waals surface area contributed by atoms with Gasteiger partial charge >= 0.3 is 0 Å². The Bertz CT molecular complexity index is 85.3. The van der Waals surface area contributed by atoms with Crippen molar-refractivity contribution in [1.82, 2.24) is 0 Å². The zero-order chi connectivity index (χ0) is 7.40. The summed E-state index contributed by atoms with van der Waals surface area (Å²) in [6, 6.07) is 0. The van der Waals surface area contributed by atoms with E-state index in [4.69, 9.17) is 5.11 Å². The van der Waals surface area contributed by atoms with Gasteiger partial charge in [-0.05, 0) is 31.1 Å². The molecule has 0 radical (unpaired) electrons. The van der Waals surface area contributed by atoms with Crippen molar-refractivity contribution >= 4 is 0 Å². The molecule has 0 heterocycles. The van der Waals surface area contributed by atoms with Gasteiger partial charge in [0.25, 0.3) is 0 Å². The maximum atomic E-state index is 12.1. The van der Waals surface area contributed by atoms with Crippen LogP contribution < -0.4 is 0 Å². The third-order valence-electron chi connectivity index (χ3n) is 2.37. The summed E-state index contributed by atoms with van der Waals surface area (Å²) in [6.07, 6.45) is 4.10. The fourth-order valence-corrected chi connectivity index (χ4v) is 1.71. The third kappa shape index (κ3) is 1.94. The molecule has 2 heteroatoms. The van der Waals surface area contributed by atoms with Gasteiger partial charge in [0.05, 0.1) is 6.67 Å². The van der Waals surface area contributed by atoms with Gasteiger partial charge in [0, 0.05) is 6.61 Å². The third-order valence-corrected chi connectivity index (χ3v) is 2.37. The molecular weight excluding hydrogens is 131 g/mol. The van der Waals surface area contributed by atoms with Gasteiger partial charge in [-0.25, -0.2) is 0 Å². The summed E-state index contributed by atoms with van der Waals surface area (Å²) >= 11 is 0. The van der Waals surface area contributed by atoms with Crippen LogP contribution in [0, 0.1) is 11.8 Å². The van der Waals surface area contributed by atoms with Crippen LogP contribution in [0.1, 0.15) is 25.7 Å². The van der Waals surface area contributed by atoms with E-state index in [9.17, 15) is 4.39 Å². The standard InChI is InChI=1S/C8H15FO/c9-5-7-2-1-3-8(4-7)6-10/h7-8,10H,1-6H2. The summed E-state index contributed by atoms with van der Waals surface area (Å²) in [5.41, 5.74) is 0. The quantitative estimate of drug-likeness (QED) is 0.629. The SMILES string of the molecule is OCC1CCCC(CF)C1. The summed E-state index contributed by atoms with van der Waals surface area (Å²) in [5, 5.41) is 8.78. The van der Waals surface area contributed by atoms with Gasteiger partial charge in [0.2, 0.25) is 0 Å². The number of alkyl halides is 1. The maximum Gasteiger partial charge on any atom is 0.0922 e. The lowest BCUT2D eigenvalue weighted by molar-refractivity contribution is 0.147. The zero-order valence-corrected chi connectivity index (χ0v) is 6.22. The number of hydrogen-bond donors (Lipinski definition) is 1. The molecule has 1 nitrogen and oxygen atoms in total. The molecule has 2 atom stereocenters. The molecule has 1 aliphatic rings. The van der Waals surface area contributed by atoms with Crippen molar-refractivity contribution < 1.29 is 9.50 Å². The zero-order valence-electron chi connectivity index (χ0n) is 6.22. The van der Waals surface area contributed by atoms with Crippen molar-refractivity contribution in [1.29, 1.82) is 0 Å². The van der Waals surface area contributed by atoms with Gasteiger partial charge in [-0.2, -0.15) is 0 Å². The van der Waals surface area contributed by atoms with Gasteiger partial charge < -0.3 is 5.11 Å². The molecule has 1 aliphatic carbocycles. The van der Waals surface area contributed by atoms with Crippen LogP contribution >= 0.6 is 0 Å². The fourth-order valence-electron chi connectivity index (χ4n) is 1.71. The Morgan fingerprint density at radius 3 is 2.60 bits per heavy atom. The van der Waals surface area contributed by atoms with Gasteiger partial charge in [-0.15, -0.1) is 0 Å². The van der Waals surface area contributed by atoms with Crippen LogP contribution in [0.2, 0.25) is 0 Å². The minimum atomic E-state index is -0.198. The molecule has 60 valence electrons.